The number of hydrogen-bond donors (Lipinski definition) is 0. The molecular weight excluding hydrogens is 180 g/mol. The number of nitrogens with zero attached hydrogens (tertiary/aromatic N) is 2. The zero-order chi connectivity index (χ0) is 10.4. The van der Waals surface area contributed by atoms with E-state index in [-0.39, 0.29) is 18.6 Å². The summed E-state index contributed by atoms with van der Waals surface area (Å²) >= 11 is 0. The number of carbonyl (C=O) groups excluding carboxylic acids is 1. The lowest BCUT2D eigenvalue weighted by atomic mass is 10.0. The summed E-state index contributed by atoms with van der Waals surface area (Å²) in [6, 6.07) is 2.12. The predicted octanol–water partition coefficient (Wildman–Crippen LogP) is 0.928. The van der Waals surface area contributed by atoms with Crippen LogP contribution in [0.3, 0.4) is 0 Å². The Morgan fingerprint density at radius 3 is 3.07 bits per heavy atom. The Labute approximate surface area is 84.4 Å². The molecule has 1 atom stereocenters. The maximum Gasteiger partial charge on any atom is 0.320 e. The molecule has 1 rings (SSSR count). The van der Waals surface area contributed by atoms with Gasteiger partial charge in [-0.2, -0.15) is 5.26 Å². The fraction of sp³-hybridized carbons (Fsp3) is 0.800. The summed E-state index contributed by atoms with van der Waals surface area (Å²) < 4.78 is 4.85. The Hall–Kier alpha value is -1.08. The van der Waals surface area contributed by atoms with E-state index in [9.17, 15) is 4.79 Å². The van der Waals surface area contributed by atoms with Gasteiger partial charge in [0, 0.05) is 6.54 Å². The van der Waals surface area contributed by atoms with Crippen LogP contribution in [0.4, 0.5) is 0 Å². The molecule has 0 bridgehead atoms. The molecule has 0 radical (unpaired) electrons. The number of nitriles is 1. The van der Waals surface area contributed by atoms with E-state index in [1.54, 1.807) is 6.92 Å². The fourth-order valence-corrected chi connectivity index (χ4v) is 1.70. The van der Waals surface area contributed by atoms with Crippen molar-refractivity contribution in [3.8, 4) is 6.07 Å². The number of ether oxygens (including phenoxy) is 1. The average molecular weight is 196 g/mol. The topological polar surface area (TPSA) is 53.3 Å². The summed E-state index contributed by atoms with van der Waals surface area (Å²) in [4.78, 5) is 13.1. The Morgan fingerprint density at radius 2 is 2.43 bits per heavy atom. The molecule has 4 heteroatoms. The smallest absolute Gasteiger partial charge is 0.320 e. The van der Waals surface area contributed by atoms with Crippen LogP contribution in [-0.2, 0) is 9.53 Å². The fourth-order valence-electron chi connectivity index (χ4n) is 1.70. The SMILES string of the molecule is CCOC(=O)CN1CCCCC1C#N. The monoisotopic (exact) mass is 196 g/mol. The second kappa shape index (κ2) is 5.61. The van der Waals surface area contributed by atoms with Crippen LogP contribution in [0.1, 0.15) is 26.2 Å². The minimum atomic E-state index is -0.227. The highest BCUT2D eigenvalue weighted by atomic mass is 16.5. The van der Waals surface area contributed by atoms with Crippen molar-refractivity contribution in [3.05, 3.63) is 0 Å². The van der Waals surface area contributed by atoms with Crippen LogP contribution in [0.2, 0.25) is 0 Å². The van der Waals surface area contributed by atoms with Gasteiger partial charge in [0.05, 0.1) is 25.3 Å². The highest BCUT2D eigenvalue weighted by Crippen LogP contribution is 2.15. The van der Waals surface area contributed by atoms with Gasteiger partial charge in [-0.1, -0.05) is 0 Å². The lowest BCUT2D eigenvalue weighted by Gasteiger charge is -2.30. The van der Waals surface area contributed by atoms with E-state index in [1.807, 2.05) is 4.90 Å². The molecule has 1 aliphatic rings. The van der Waals surface area contributed by atoms with E-state index < -0.39 is 0 Å². The van der Waals surface area contributed by atoms with Crippen molar-refractivity contribution in [1.82, 2.24) is 4.90 Å². The van der Waals surface area contributed by atoms with Crippen LogP contribution in [-0.4, -0.2) is 36.6 Å². The van der Waals surface area contributed by atoms with E-state index in [0.29, 0.717) is 6.61 Å². The lowest BCUT2D eigenvalue weighted by Crippen LogP contribution is -2.42. The predicted molar refractivity (Wildman–Crippen MR) is 51.5 cm³/mol. The quantitative estimate of drug-likeness (QED) is 0.630. The maximum absolute atomic E-state index is 11.2. The van der Waals surface area contributed by atoms with Crippen LogP contribution in [0, 0.1) is 11.3 Å². The molecule has 0 N–H and O–H groups in total. The third-order valence-electron chi connectivity index (χ3n) is 2.40. The van der Waals surface area contributed by atoms with Crippen LogP contribution >= 0.6 is 0 Å². The van der Waals surface area contributed by atoms with Gasteiger partial charge in [-0.3, -0.25) is 9.69 Å². The molecule has 1 aliphatic heterocycles. The van der Waals surface area contributed by atoms with Gasteiger partial charge in [-0.25, -0.2) is 0 Å². The van der Waals surface area contributed by atoms with Crippen LogP contribution in [0.25, 0.3) is 0 Å². The maximum atomic E-state index is 11.2. The molecule has 0 amide bonds. The molecule has 78 valence electrons. The van der Waals surface area contributed by atoms with Gasteiger partial charge in [-0.05, 0) is 26.2 Å². The molecule has 1 saturated heterocycles. The summed E-state index contributed by atoms with van der Waals surface area (Å²) in [5, 5.41) is 8.86. The molecule has 4 nitrogen and oxygen atoms in total. The molecule has 0 aromatic carbocycles. The van der Waals surface area contributed by atoms with E-state index >= 15 is 0 Å². The zero-order valence-electron chi connectivity index (χ0n) is 8.53. The number of carbonyl (C=O) groups is 1. The third kappa shape index (κ3) is 3.00. The second-order valence-electron chi connectivity index (χ2n) is 3.42. The largest absolute Gasteiger partial charge is 0.465 e. The molecule has 1 fully saturated rings. The van der Waals surface area contributed by atoms with E-state index in [4.69, 9.17) is 10.00 Å². The van der Waals surface area contributed by atoms with E-state index in [1.165, 1.54) is 0 Å². The van der Waals surface area contributed by atoms with Crippen molar-refractivity contribution in [3.63, 3.8) is 0 Å². The molecular formula is C10H16N2O2. The van der Waals surface area contributed by atoms with Gasteiger partial charge in [0.2, 0.25) is 0 Å². The normalized spacial score (nSPS) is 22.7. The standard InChI is InChI=1S/C10H16N2O2/c1-2-14-10(13)8-12-6-4-3-5-9(12)7-11/h9H,2-6,8H2,1H3. The van der Waals surface area contributed by atoms with Gasteiger partial charge in [-0.15, -0.1) is 0 Å². The zero-order valence-corrected chi connectivity index (χ0v) is 8.53. The molecule has 0 aromatic heterocycles. The highest BCUT2D eigenvalue weighted by molar-refractivity contribution is 5.71. The Morgan fingerprint density at radius 1 is 1.64 bits per heavy atom. The van der Waals surface area contributed by atoms with Crippen molar-refractivity contribution >= 4 is 5.97 Å². The van der Waals surface area contributed by atoms with Gasteiger partial charge in [0.25, 0.3) is 0 Å². The molecule has 0 aromatic rings. The summed E-state index contributed by atoms with van der Waals surface area (Å²) in [6.07, 6.45) is 3.02. The molecule has 14 heavy (non-hydrogen) atoms. The van der Waals surface area contributed by atoms with Crippen LogP contribution < -0.4 is 0 Å². The summed E-state index contributed by atoms with van der Waals surface area (Å²) in [6.45, 7) is 3.28. The minimum absolute atomic E-state index is 0.104. The Bertz CT molecular complexity index is 235. The first-order valence-electron chi connectivity index (χ1n) is 5.07. The van der Waals surface area contributed by atoms with Gasteiger partial charge < -0.3 is 4.74 Å². The van der Waals surface area contributed by atoms with E-state index in [0.717, 1.165) is 25.8 Å². The second-order valence-corrected chi connectivity index (χ2v) is 3.42. The number of likely N-dealkylation sites (tertiary alicyclic amines) is 1. The van der Waals surface area contributed by atoms with Gasteiger partial charge in [0.15, 0.2) is 0 Å². The number of hydrogen-bond acceptors (Lipinski definition) is 4. The Kier molecular flexibility index (Phi) is 4.41. The minimum Gasteiger partial charge on any atom is -0.465 e. The van der Waals surface area contributed by atoms with Crippen molar-refractivity contribution in [2.45, 2.75) is 32.2 Å². The first-order chi connectivity index (χ1) is 6.77. The number of piperidine rings is 1. The first-order valence-corrected chi connectivity index (χ1v) is 5.07. The number of rotatable bonds is 3. The first kappa shape index (κ1) is 11.0. The highest BCUT2D eigenvalue weighted by Gasteiger charge is 2.24. The summed E-state index contributed by atoms with van der Waals surface area (Å²) in [7, 11) is 0. The molecule has 0 saturated carbocycles. The molecule has 1 unspecified atom stereocenters. The van der Waals surface area contributed by atoms with Crippen molar-refractivity contribution < 1.29 is 9.53 Å². The summed E-state index contributed by atoms with van der Waals surface area (Å²) in [5.74, 6) is -0.227. The average Bonchev–Trinajstić information content (AvgIpc) is 2.19. The molecule has 0 aliphatic carbocycles. The van der Waals surface area contributed by atoms with Crippen molar-refractivity contribution in [1.29, 1.82) is 5.26 Å². The van der Waals surface area contributed by atoms with Crippen LogP contribution in [0.5, 0.6) is 0 Å². The molecule has 0 spiro atoms. The van der Waals surface area contributed by atoms with Crippen molar-refractivity contribution in [2.24, 2.45) is 0 Å². The molecule has 1 heterocycles. The van der Waals surface area contributed by atoms with E-state index in [2.05, 4.69) is 6.07 Å². The van der Waals surface area contributed by atoms with Gasteiger partial charge in [0.1, 0.15) is 0 Å². The summed E-state index contributed by atoms with van der Waals surface area (Å²) in [5.41, 5.74) is 0. The number of esters is 1. The third-order valence-corrected chi connectivity index (χ3v) is 2.40. The lowest BCUT2D eigenvalue weighted by molar-refractivity contribution is -0.145. The van der Waals surface area contributed by atoms with Crippen LogP contribution in [0.15, 0.2) is 0 Å². The Balaban J connectivity index is 2.41. The van der Waals surface area contributed by atoms with Crippen molar-refractivity contribution in [2.75, 3.05) is 19.7 Å². The van der Waals surface area contributed by atoms with Gasteiger partial charge >= 0.3 is 5.97 Å².